The first-order valence-electron chi connectivity index (χ1n) is 33.4. The van der Waals surface area contributed by atoms with Crippen LogP contribution in [0.2, 0.25) is 10.3 Å². The highest BCUT2D eigenvalue weighted by Crippen LogP contribution is 2.42. The minimum absolute atomic E-state index is 0.0206. The molecule has 0 saturated carbocycles. The van der Waals surface area contributed by atoms with Gasteiger partial charge >= 0.3 is 17.5 Å². The number of methoxy groups -OCH3 is 3. The smallest absolute Gasteiger partial charge is 0.414 e. The minimum atomic E-state index is -0.592. The van der Waals surface area contributed by atoms with Gasteiger partial charge in [-0.1, -0.05) is 44.0 Å². The summed E-state index contributed by atoms with van der Waals surface area (Å²) in [4.78, 5) is 95.4. The predicted octanol–water partition coefficient (Wildman–Crippen LogP) is 13.6. The number of fused-ring (bicyclic) bond motifs is 7. The lowest BCUT2D eigenvalue weighted by Gasteiger charge is -2.36. The molecule has 29 heteroatoms. The number of pyridine rings is 6. The number of aryl methyl sites for hydroxylation is 1. The Hall–Kier alpha value is -10.2. The topological polar surface area (TPSA) is 306 Å². The van der Waals surface area contributed by atoms with Crippen LogP contribution < -0.4 is 30.5 Å². The Morgan fingerprint density at radius 3 is 1.51 bits per heavy atom. The van der Waals surface area contributed by atoms with Crippen LogP contribution in [0.1, 0.15) is 114 Å². The van der Waals surface area contributed by atoms with Crippen molar-refractivity contribution in [2.75, 3.05) is 52.7 Å². The Balaban J connectivity index is 0.000000136. The van der Waals surface area contributed by atoms with Crippen molar-refractivity contribution in [1.29, 1.82) is 0 Å². The number of rotatable bonds is 16. The SMILES string of the molecule is CCOC(=O)N(c1c(C(=O)c2ccc(OC)cn2)oc2ccc(Cl)nc12)[C@H]1CCO[C@@H](CC)C1.CC[C@H]1C[C@@H](n2c(=O)nc(-c3ccc(OC)cn3)c3oc4ccc(-c5cn(C)cn5)nc4c32)CCO1.CC[C@H]1C[C@@H](n2c(=O)nc(-c3ccc(OC)cn3)c3oc4ccc(Cl)nc4c32)CCO1. The zero-order valence-corrected chi connectivity index (χ0v) is 58.3. The number of carbonyl (C=O) groups excluding carboxylic acids is 2. The van der Waals surface area contributed by atoms with Crippen LogP contribution in [0.5, 0.6) is 17.2 Å². The molecule has 3 aliphatic rings. The molecule has 0 aliphatic carbocycles. The fourth-order valence-electron chi connectivity index (χ4n) is 13.1. The van der Waals surface area contributed by atoms with Gasteiger partial charge in [-0.3, -0.25) is 28.8 Å². The lowest BCUT2D eigenvalue weighted by Crippen LogP contribution is -2.46. The van der Waals surface area contributed by atoms with E-state index >= 15 is 0 Å². The van der Waals surface area contributed by atoms with Crippen molar-refractivity contribution >= 4 is 96.3 Å². The second-order valence-electron chi connectivity index (χ2n) is 24.4. The van der Waals surface area contributed by atoms with Crippen molar-refractivity contribution < 1.29 is 56.0 Å². The number of imidazole rings is 1. The molecular weight excluding hydrogens is 1340 g/mol. The van der Waals surface area contributed by atoms with Gasteiger partial charge in [0.2, 0.25) is 11.5 Å². The van der Waals surface area contributed by atoms with Gasteiger partial charge in [-0.15, -0.1) is 0 Å². The van der Waals surface area contributed by atoms with Gasteiger partial charge in [0.05, 0.1) is 88.2 Å². The summed E-state index contributed by atoms with van der Waals surface area (Å²) < 4.78 is 62.2. The number of anilines is 1. The highest BCUT2D eigenvalue weighted by Gasteiger charge is 2.39. The van der Waals surface area contributed by atoms with E-state index in [1.165, 1.54) is 24.3 Å². The Bertz CT molecular complexity index is 5110. The van der Waals surface area contributed by atoms with Crippen LogP contribution in [0.4, 0.5) is 10.5 Å². The second kappa shape index (κ2) is 30.3. The summed E-state index contributed by atoms with van der Waals surface area (Å²) in [5, 5.41) is 0.534. The first-order chi connectivity index (χ1) is 49.1. The van der Waals surface area contributed by atoms with Gasteiger partial charge in [0.15, 0.2) is 27.9 Å². The number of ketones is 1. The molecule has 0 bridgehead atoms. The molecule has 3 saturated heterocycles. The molecule has 12 aromatic rings. The van der Waals surface area contributed by atoms with Crippen molar-refractivity contribution in [1.82, 2.24) is 58.6 Å². The molecule has 1 amide bonds. The van der Waals surface area contributed by atoms with E-state index in [2.05, 4.69) is 53.7 Å². The first kappa shape index (κ1) is 69.3. The molecule has 27 nitrogen and oxygen atoms in total. The van der Waals surface area contributed by atoms with Crippen LogP contribution in [0.25, 0.3) is 89.7 Å². The normalized spacial score (nSPS) is 18.4. The van der Waals surface area contributed by atoms with E-state index in [1.807, 2.05) is 36.9 Å². The molecule has 3 fully saturated rings. The van der Waals surface area contributed by atoms with Gasteiger partial charge in [-0.05, 0) is 138 Å². The van der Waals surface area contributed by atoms with E-state index in [4.69, 9.17) is 74.6 Å². The van der Waals surface area contributed by atoms with Crippen LogP contribution in [0.15, 0.2) is 127 Å². The highest BCUT2D eigenvalue weighted by molar-refractivity contribution is 6.30. The molecule has 3 aliphatic heterocycles. The first-order valence-corrected chi connectivity index (χ1v) is 34.2. The van der Waals surface area contributed by atoms with Crippen molar-refractivity contribution in [3.05, 3.63) is 147 Å². The molecule has 0 unspecified atom stereocenters. The molecular formula is C72H73Cl2N13O14. The number of furan rings is 3. The van der Waals surface area contributed by atoms with Crippen LogP contribution in [0, 0.1) is 0 Å². The van der Waals surface area contributed by atoms with Gasteiger partial charge < -0.3 is 51.0 Å². The average Bonchev–Trinajstić information content (AvgIpc) is 1.63. The van der Waals surface area contributed by atoms with Crippen molar-refractivity contribution in [3.8, 4) is 51.4 Å². The molecule has 12 aromatic heterocycles. The number of ether oxygens (including phenoxy) is 7. The fourth-order valence-corrected chi connectivity index (χ4v) is 13.4. The van der Waals surface area contributed by atoms with Crippen LogP contribution in [-0.2, 0) is 26.0 Å². The maximum absolute atomic E-state index is 13.6. The van der Waals surface area contributed by atoms with Gasteiger partial charge in [-0.2, -0.15) is 9.97 Å². The van der Waals surface area contributed by atoms with E-state index in [0.717, 1.165) is 37.8 Å². The summed E-state index contributed by atoms with van der Waals surface area (Å²) in [7, 11) is 6.57. The Morgan fingerprint density at radius 2 is 1.03 bits per heavy atom. The van der Waals surface area contributed by atoms with E-state index in [1.54, 1.807) is 104 Å². The zero-order valence-electron chi connectivity index (χ0n) is 56.8. The maximum atomic E-state index is 13.6. The largest absolute Gasteiger partial charge is 0.495 e. The molecule has 15 heterocycles. The Labute approximate surface area is 587 Å². The molecule has 0 N–H and O–H groups in total. The maximum Gasteiger partial charge on any atom is 0.414 e. The number of aromatic nitrogens is 12. The van der Waals surface area contributed by atoms with E-state index in [0.29, 0.717) is 152 Å². The molecule has 0 spiro atoms. The summed E-state index contributed by atoms with van der Waals surface area (Å²) in [6, 6.07) is 20.1. The van der Waals surface area contributed by atoms with Gasteiger partial charge in [0.1, 0.15) is 83.6 Å². The Morgan fingerprint density at radius 1 is 0.545 bits per heavy atom. The van der Waals surface area contributed by atoms with Crippen molar-refractivity contribution in [2.24, 2.45) is 7.05 Å². The van der Waals surface area contributed by atoms with Crippen molar-refractivity contribution in [3.63, 3.8) is 0 Å². The fraction of sp³-hybridized carbons (Fsp3) is 0.375. The summed E-state index contributed by atoms with van der Waals surface area (Å²) in [5.74, 6) is 1.17. The zero-order chi connectivity index (χ0) is 70.6. The predicted molar refractivity (Wildman–Crippen MR) is 376 cm³/mol. The molecule has 15 rings (SSSR count). The van der Waals surface area contributed by atoms with E-state index < -0.39 is 11.9 Å². The lowest BCUT2D eigenvalue weighted by atomic mass is 9.99. The average molecular weight is 1420 g/mol. The van der Waals surface area contributed by atoms with Crippen LogP contribution in [-0.4, -0.2) is 143 Å². The molecule has 6 atom stereocenters. The number of nitrogens with zero attached hydrogens (tertiary/aromatic N) is 13. The number of carbonyl (C=O) groups is 2. The molecule has 524 valence electrons. The number of hydrogen-bond acceptors (Lipinski definition) is 23. The Kier molecular flexibility index (Phi) is 20.8. The monoisotopic (exact) mass is 1410 g/mol. The minimum Gasteiger partial charge on any atom is -0.495 e. The van der Waals surface area contributed by atoms with E-state index in [9.17, 15) is 19.2 Å². The third-order valence-corrected chi connectivity index (χ3v) is 18.6. The van der Waals surface area contributed by atoms with Crippen LogP contribution >= 0.6 is 23.2 Å². The van der Waals surface area contributed by atoms with Crippen molar-refractivity contribution in [2.45, 2.75) is 122 Å². The van der Waals surface area contributed by atoms with Gasteiger partial charge in [0, 0.05) is 51.2 Å². The van der Waals surface area contributed by atoms with Crippen LogP contribution in [0.3, 0.4) is 0 Å². The van der Waals surface area contributed by atoms with E-state index in [-0.39, 0.29) is 76.7 Å². The highest BCUT2D eigenvalue weighted by atomic mass is 35.5. The van der Waals surface area contributed by atoms with Gasteiger partial charge in [0.25, 0.3) is 0 Å². The third kappa shape index (κ3) is 14.2. The second-order valence-corrected chi connectivity index (χ2v) is 25.2. The quantitative estimate of drug-likeness (QED) is 0.0641. The number of amides is 1. The summed E-state index contributed by atoms with van der Waals surface area (Å²) in [6.45, 7) is 9.75. The number of halogens is 2. The molecule has 0 aromatic carbocycles. The lowest BCUT2D eigenvalue weighted by molar-refractivity contribution is -0.00725. The summed E-state index contributed by atoms with van der Waals surface area (Å²) in [6.07, 6.45) is 14.4. The summed E-state index contributed by atoms with van der Waals surface area (Å²) >= 11 is 12.4. The number of hydrogen-bond donors (Lipinski definition) is 0. The molecule has 0 radical (unpaired) electrons. The molecule has 101 heavy (non-hydrogen) atoms. The third-order valence-electron chi connectivity index (χ3n) is 18.2. The summed E-state index contributed by atoms with van der Waals surface area (Å²) in [5.41, 5.74) is 7.87. The standard InChI is InChI=1S/C26H26N6O4.C24H26ClN3O6.C22H21ClN4O4/c1-4-16-11-15(9-10-35-16)32-24-23-21(8-7-18(29-23)20-13-31(2)14-28-20)36-25(24)22(30-26(32)33)19-6-5-17(34-3)12-27-19;1-4-15-12-14(10-11-33-15)28(24(30)32-5-2)21-20-18(8-9-19(25)27-20)34-23(21)22(29)17-7-6-16(31-3)13-26-17;1-3-13-10-12(8-9-30-13)27-20-19-16(6-7-17(23)25-19)31-21(20)18(26-22(27)28)15-5-4-14(29-2)11-24-15/h5-8,12-16H,4,9-11H2,1-3H3;6-9,13-15H,4-5,10-12H2,1-3H3;4-7,11-13H,3,8-10H2,1-2H3/t15-,16-;14-,15-;12-,13-/m000/s1. The van der Waals surface area contributed by atoms with Gasteiger partial charge in [-0.25, -0.2) is 39.3 Å².